The molecule has 130 valence electrons. The molecule has 0 heterocycles. The summed E-state index contributed by atoms with van der Waals surface area (Å²) < 4.78 is 0. The third-order valence-electron chi connectivity index (χ3n) is 3.77. The Kier molecular flexibility index (Phi) is 6.12. The molecule has 0 fully saturated rings. The normalized spacial score (nSPS) is 10.9. The van der Waals surface area contributed by atoms with Gasteiger partial charge in [-0.2, -0.15) is 0 Å². The van der Waals surface area contributed by atoms with E-state index in [4.69, 9.17) is 0 Å². The van der Waals surface area contributed by atoms with Crippen LogP contribution in [0, 0.1) is 6.92 Å². The minimum absolute atomic E-state index is 0.180. The number of nitrogens with one attached hydrogen (secondary N) is 2. The second-order valence-electron chi connectivity index (χ2n) is 6.37. The molecule has 0 spiro atoms. The summed E-state index contributed by atoms with van der Waals surface area (Å²) in [5.41, 5.74) is 4.39. The van der Waals surface area contributed by atoms with Gasteiger partial charge in [0.25, 0.3) is 0 Å². The molecule has 0 aliphatic heterocycles. The van der Waals surface area contributed by atoms with Crippen molar-refractivity contribution in [3.8, 4) is 0 Å². The molecule has 0 aromatic heterocycles. The van der Waals surface area contributed by atoms with Crippen LogP contribution in [0.25, 0.3) is 6.08 Å². The summed E-state index contributed by atoms with van der Waals surface area (Å²) in [7, 11) is 0. The van der Waals surface area contributed by atoms with Gasteiger partial charge >= 0.3 is 0 Å². The highest BCUT2D eigenvalue weighted by Crippen LogP contribution is 2.23. The molecule has 2 aromatic rings. The Morgan fingerprint density at radius 2 is 1.64 bits per heavy atom. The molecular formula is C21H24N2O2. The van der Waals surface area contributed by atoms with Gasteiger partial charge in [-0.1, -0.05) is 44.2 Å². The number of carbonyl (C=O) groups is 2. The summed E-state index contributed by atoms with van der Waals surface area (Å²) in [5, 5.41) is 5.53. The van der Waals surface area contributed by atoms with Gasteiger partial charge in [0.15, 0.2) is 0 Å². The summed E-state index contributed by atoms with van der Waals surface area (Å²) in [5.74, 6) is 0.0557. The van der Waals surface area contributed by atoms with E-state index in [9.17, 15) is 9.59 Å². The van der Waals surface area contributed by atoms with Gasteiger partial charge in [-0.15, -0.1) is 0 Å². The maximum Gasteiger partial charge on any atom is 0.248 e. The van der Waals surface area contributed by atoms with Crippen LogP contribution in [0.3, 0.4) is 0 Å². The van der Waals surface area contributed by atoms with Gasteiger partial charge in [0.1, 0.15) is 0 Å². The molecule has 4 heteroatoms. The van der Waals surface area contributed by atoms with Crippen LogP contribution in [0.1, 0.15) is 43.4 Å². The highest BCUT2D eigenvalue weighted by molar-refractivity contribution is 6.05. The van der Waals surface area contributed by atoms with E-state index in [1.807, 2.05) is 31.2 Å². The Bertz CT molecular complexity index is 790. The number of hydrogen-bond acceptors (Lipinski definition) is 2. The largest absolute Gasteiger partial charge is 0.325 e. The molecule has 4 nitrogen and oxygen atoms in total. The zero-order chi connectivity index (χ0) is 18.4. The molecule has 0 radical (unpaired) electrons. The number of rotatable bonds is 5. The Morgan fingerprint density at radius 1 is 0.960 bits per heavy atom. The van der Waals surface area contributed by atoms with E-state index in [1.54, 1.807) is 12.1 Å². The van der Waals surface area contributed by atoms with Crippen molar-refractivity contribution in [3.05, 3.63) is 65.2 Å². The average molecular weight is 336 g/mol. The topological polar surface area (TPSA) is 58.2 Å². The van der Waals surface area contributed by atoms with Crippen LogP contribution in [0.5, 0.6) is 0 Å². The van der Waals surface area contributed by atoms with Crippen LogP contribution < -0.4 is 10.6 Å². The summed E-state index contributed by atoms with van der Waals surface area (Å²) in [6.07, 6.45) is 3.26. The Hall–Kier alpha value is -2.88. The number of amides is 2. The predicted molar refractivity (Wildman–Crippen MR) is 104 cm³/mol. The second-order valence-corrected chi connectivity index (χ2v) is 6.37. The lowest BCUT2D eigenvalue weighted by atomic mass is 10.0. The average Bonchev–Trinajstić information content (AvgIpc) is 2.55. The smallest absolute Gasteiger partial charge is 0.248 e. The quantitative estimate of drug-likeness (QED) is 0.776. The lowest BCUT2D eigenvalue weighted by Crippen LogP contribution is -2.13. The standard InChI is InChI=1S/C21H24N2O2/c1-14(2)18-9-6-17(7-10-18)8-12-21(25)23-20-13-15(3)5-11-19(20)22-16(4)24/h5-14H,1-4H3,(H,22,24)(H,23,25)/b12-8+. The lowest BCUT2D eigenvalue weighted by molar-refractivity contribution is -0.114. The molecule has 0 aliphatic carbocycles. The van der Waals surface area contributed by atoms with E-state index in [-0.39, 0.29) is 11.8 Å². The van der Waals surface area contributed by atoms with Crippen molar-refractivity contribution in [3.63, 3.8) is 0 Å². The third kappa shape index (κ3) is 5.60. The minimum Gasteiger partial charge on any atom is -0.325 e. The summed E-state index contributed by atoms with van der Waals surface area (Å²) in [6, 6.07) is 13.6. The lowest BCUT2D eigenvalue weighted by Gasteiger charge is -2.11. The van der Waals surface area contributed by atoms with Crippen molar-refractivity contribution >= 4 is 29.3 Å². The van der Waals surface area contributed by atoms with Crippen molar-refractivity contribution in [1.82, 2.24) is 0 Å². The number of carbonyl (C=O) groups excluding carboxylic acids is 2. The summed E-state index contributed by atoms with van der Waals surface area (Å²) in [4.78, 5) is 23.5. The maximum atomic E-state index is 12.2. The fourth-order valence-corrected chi connectivity index (χ4v) is 2.40. The molecule has 0 saturated carbocycles. The highest BCUT2D eigenvalue weighted by atomic mass is 16.2. The van der Waals surface area contributed by atoms with Gasteiger partial charge in [-0.3, -0.25) is 9.59 Å². The van der Waals surface area contributed by atoms with Crippen LogP contribution in [-0.4, -0.2) is 11.8 Å². The maximum absolute atomic E-state index is 12.2. The molecule has 0 saturated heterocycles. The van der Waals surface area contributed by atoms with E-state index in [0.717, 1.165) is 11.1 Å². The fourth-order valence-electron chi connectivity index (χ4n) is 2.40. The van der Waals surface area contributed by atoms with E-state index in [1.165, 1.54) is 18.6 Å². The zero-order valence-electron chi connectivity index (χ0n) is 15.1. The molecule has 25 heavy (non-hydrogen) atoms. The summed E-state index contributed by atoms with van der Waals surface area (Å²) in [6.45, 7) is 7.66. The fraction of sp³-hybridized carbons (Fsp3) is 0.238. The molecule has 0 unspecified atom stereocenters. The van der Waals surface area contributed by atoms with Gasteiger partial charge < -0.3 is 10.6 Å². The van der Waals surface area contributed by atoms with Gasteiger partial charge in [0, 0.05) is 13.0 Å². The monoisotopic (exact) mass is 336 g/mol. The van der Waals surface area contributed by atoms with Crippen LogP contribution >= 0.6 is 0 Å². The predicted octanol–water partition coefficient (Wildman–Crippen LogP) is 4.73. The minimum atomic E-state index is -0.245. The number of benzene rings is 2. The van der Waals surface area contributed by atoms with Crippen molar-refractivity contribution in [2.75, 3.05) is 10.6 Å². The van der Waals surface area contributed by atoms with Crippen LogP contribution in [0.15, 0.2) is 48.5 Å². The number of anilines is 2. The SMILES string of the molecule is CC(=O)Nc1ccc(C)cc1NC(=O)/C=C/c1ccc(C(C)C)cc1. The summed E-state index contributed by atoms with van der Waals surface area (Å²) >= 11 is 0. The van der Waals surface area contributed by atoms with Crippen molar-refractivity contribution in [1.29, 1.82) is 0 Å². The van der Waals surface area contributed by atoms with Crippen molar-refractivity contribution in [2.24, 2.45) is 0 Å². The van der Waals surface area contributed by atoms with Gasteiger partial charge in [-0.25, -0.2) is 0 Å². The molecule has 0 aliphatic rings. The number of aryl methyl sites for hydroxylation is 1. The molecule has 2 aromatic carbocycles. The molecule has 0 bridgehead atoms. The first kappa shape index (κ1) is 18.5. The van der Waals surface area contributed by atoms with Crippen LogP contribution in [0.2, 0.25) is 0 Å². The first-order chi connectivity index (χ1) is 11.8. The Morgan fingerprint density at radius 3 is 2.24 bits per heavy atom. The molecule has 2 N–H and O–H groups in total. The molecule has 2 amide bonds. The van der Waals surface area contributed by atoms with E-state index in [2.05, 4.69) is 36.6 Å². The molecular weight excluding hydrogens is 312 g/mol. The van der Waals surface area contributed by atoms with Crippen LogP contribution in [-0.2, 0) is 9.59 Å². The van der Waals surface area contributed by atoms with Crippen molar-refractivity contribution in [2.45, 2.75) is 33.6 Å². The Labute approximate surface area is 149 Å². The highest BCUT2D eigenvalue weighted by Gasteiger charge is 2.07. The van der Waals surface area contributed by atoms with Gasteiger partial charge in [0.05, 0.1) is 11.4 Å². The first-order valence-corrected chi connectivity index (χ1v) is 8.32. The second kappa shape index (κ2) is 8.29. The van der Waals surface area contributed by atoms with E-state index >= 15 is 0 Å². The first-order valence-electron chi connectivity index (χ1n) is 8.32. The van der Waals surface area contributed by atoms with Crippen molar-refractivity contribution < 1.29 is 9.59 Å². The molecule has 0 atom stereocenters. The third-order valence-corrected chi connectivity index (χ3v) is 3.77. The van der Waals surface area contributed by atoms with Crippen LogP contribution in [0.4, 0.5) is 11.4 Å². The number of hydrogen-bond donors (Lipinski definition) is 2. The van der Waals surface area contributed by atoms with E-state index < -0.39 is 0 Å². The Balaban J connectivity index is 2.09. The van der Waals surface area contributed by atoms with E-state index in [0.29, 0.717) is 17.3 Å². The van der Waals surface area contributed by atoms with Gasteiger partial charge in [-0.05, 0) is 47.7 Å². The zero-order valence-corrected chi connectivity index (χ0v) is 15.1. The molecule has 2 rings (SSSR count). The van der Waals surface area contributed by atoms with Gasteiger partial charge in [0.2, 0.25) is 11.8 Å².